The zero-order valence-corrected chi connectivity index (χ0v) is 14.4. The van der Waals surface area contributed by atoms with Crippen molar-refractivity contribution in [2.24, 2.45) is 0 Å². The van der Waals surface area contributed by atoms with Gasteiger partial charge in [-0.15, -0.1) is 0 Å². The second-order valence-electron chi connectivity index (χ2n) is 3.52. The standard InChI is InChI=1S/C12H16BrNO5.C2H6/c1-3-17-12(18-4-2)8-19-11-6-5-9(13)7-10(11)14(15)16;1-2/h5-7,12H,3-4,8H2,1-2H3;1-2H3. The number of nitro groups is 1. The molecule has 0 heterocycles. The molecule has 0 aromatic heterocycles. The van der Waals surface area contributed by atoms with E-state index in [1.54, 1.807) is 6.07 Å². The quantitative estimate of drug-likeness (QED) is 0.394. The second-order valence-corrected chi connectivity index (χ2v) is 4.44. The number of hydrogen-bond acceptors (Lipinski definition) is 5. The Morgan fingerprint density at radius 2 is 1.81 bits per heavy atom. The fourth-order valence-corrected chi connectivity index (χ4v) is 1.78. The Kier molecular flexibility index (Phi) is 10.8. The van der Waals surface area contributed by atoms with Crippen LogP contribution in [0.3, 0.4) is 0 Å². The molecule has 1 rings (SSSR count). The van der Waals surface area contributed by atoms with E-state index in [0.717, 1.165) is 0 Å². The van der Waals surface area contributed by atoms with E-state index >= 15 is 0 Å². The summed E-state index contributed by atoms with van der Waals surface area (Å²) in [6, 6.07) is 4.61. The lowest BCUT2D eigenvalue weighted by Gasteiger charge is -2.17. The molecule has 0 unspecified atom stereocenters. The zero-order chi connectivity index (χ0) is 16.3. The van der Waals surface area contributed by atoms with Gasteiger partial charge in [-0.2, -0.15) is 0 Å². The van der Waals surface area contributed by atoms with E-state index in [1.807, 2.05) is 27.7 Å². The average molecular weight is 364 g/mol. The SMILES string of the molecule is CC.CCOC(COc1ccc(Br)cc1[N+](=O)[O-])OCC. The van der Waals surface area contributed by atoms with Gasteiger partial charge in [-0.25, -0.2) is 0 Å². The molecule has 6 nitrogen and oxygen atoms in total. The summed E-state index contributed by atoms with van der Waals surface area (Å²) in [6.07, 6.45) is -0.529. The van der Waals surface area contributed by atoms with Gasteiger partial charge in [0.1, 0.15) is 6.61 Å². The third kappa shape index (κ3) is 7.40. The molecular formula is C14H22BrNO5. The first-order chi connectivity index (χ1) is 10.1. The van der Waals surface area contributed by atoms with Crippen LogP contribution in [0.2, 0.25) is 0 Å². The van der Waals surface area contributed by atoms with Crippen molar-refractivity contribution in [3.63, 3.8) is 0 Å². The molecule has 120 valence electrons. The summed E-state index contributed by atoms with van der Waals surface area (Å²) in [6.45, 7) is 8.75. The van der Waals surface area contributed by atoms with Crippen LogP contribution in [-0.4, -0.2) is 31.0 Å². The van der Waals surface area contributed by atoms with Gasteiger partial charge in [0.25, 0.3) is 0 Å². The maximum atomic E-state index is 10.9. The Balaban J connectivity index is 0.00000191. The number of rotatable bonds is 8. The van der Waals surface area contributed by atoms with E-state index < -0.39 is 11.2 Å². The predicted molar refractivity (Wildman–Crippen MR) is 84.7 cm³/mol. The van der Waals surface area contributed by atoms with Gasteiger partial charge in [-0.1, -0.05) is 29.8 Å². The molecule has 21 heavy (non-hydrogen) atoms. The van der Waals surface area contributed by atoms with Crippen LogP contribution in [-0.2, 0) is 9.47 Å². The van der Waals surface area contributed by atoms with Crippen molar-refractivity contribution in [3.8, 4) is 5.75 Å². The number of ether oxygens (including phenoxy) is 3. The van der Waals surface area contributed by atoms with Crippen LogP contribution in [0.25, 0.3) is 0 Å². The highest BCUT2D eigenvalue weighted by Gasteiger charge is 2.17. The first-order valence-corrected chi connectivity index (χ1v) is 7.67. The summed E-state index contributed by atoms with van der Waals surface area (Å²) >= 11 is 3.18. The number of benzene rings is 1. The first kappa shape index (κ1) is 19.8. The van der Waals surface area contributed by atoms with Crippen molar-refractivity contribution >= 4 is 21.6 Å². The highest BCUT2D eigenvalue weighted by atomic mass is 79.9. The zero-order valence-electron chi connectivity index (χ0n) is 12.8. The summed E-state index contributed by atoms with van der Waals surface area (Å²) in [5.41, 5.74) is -0.0962. The minimum Gasteiger partial charge on any atom is -0.481 e. The van der Waals surface area contributed by atoms with E-state index in [0.29, 0.717) is 17.7 Å². The van der Waals surface area contributed by atoms with Gasteiger partial charge < -0.3 is 14.2 Å². The van der Waals surface area contributed by atoms with E-state index in [4.69, 9.17) is 14.2 Å². The van der Waals surface area contributed by atoms with Crippen LogP contribution < -0.4 is 4.74 Å². The van der Waals surface area contributed by atoms with Crippen molar-refractivity contribution in [3.05, 3.63) is 32.8 Å². The highest BCUT2D eigenvalue weighted by molar-refractivity contribution is 9.10. The lowest BCUT2D eigenvalue weighted by Crippen LogP contribution is -2.25. The van der Waals surface area contributed by atoms with Crippen molar-refractivity contribution in [1.29, 1.82) is 0 Å². The molecule has 0 saturated carbocycles. The molecule has 1 aromatic carbocycles. The number of nitro benzene ring substituents is 1. The largest absolute Gasteiger partial charge is 0.481 e. The second kappa shape index (κ2) is 11.5. The summed E-state index contributed by atoms with van der Waals surface area (Å²) < 4.78 is 16.6. The molecular weight excluding hydrogens is 342 g/mol. The molecule has 0 aliphatic heterocycles. The summed E-state index contributed by atoms with van der Waals surface area (Å²) in [5.74, 6) is 0.192. The number of hydrogen-bond donors (Lipinski definition) is 0. The normalized spacial score (nSPS) is 10.0. The van der Waals surface area contributed by atoms with E-state index in [1.165, 1.54) is 12.1 Å². The molecule has 7 heteroatoms. The average Bonchev–Trinajstić information content (AvgIpc) is 2.48. The van der Waals surface area contributed by atoms with Crippen LogP contribution in [0.5, 0.6) is 5.75 Å². The van der Waals surface area contributed by atoms with Crippen molar-refractivity contribution in [1.82, 2.24) is 0 Å². The van der Waals surface area contributed by atoms with Gasteiger partial charge in [0.15, 0.2) is 12.0 Å². The summed E-state index contributed by atoms with van der Waals surface area (Å²) in [5, 5.41) is 10.9. The van der Waals surface area contributed by atoms with Crippen LogP contribution in [0, 0.1) is 10.1 Å². The van der Waals surface area contributed by atoms with Gasteiger partial charge >= 0.3 is 5.69 Å². The smallest absolute Gasteiger partial charge is 0.312 e. The Labute approximate surface area is 133 Å². The van der Waals surface area contributed by atoms with Crippen molar-refractivity contribution in [2.45, 2.75) is 34.0 Å². The molecule has 0 amide bonds. The van der Waals surface area contributed by atoms with E-state index in [2.05, 4.69) is 15.9 Å². The molecule has 0 saturated heterocycles. The topological polar surface area (TPSA) is 70.8 Å². The van der Waals surface area contributed by atoms with Crippen LogP contribution in [0.1, 0.15) is 27.7 Å². The van der Waals surface area contributed by atoms with Crippen LogP contribution in [0.4, 0.5) is 5.69 Å². The van der Waals surface area contributed by atoms with Crippen molar-refractivity contribution in [2.75, 3.05) is 19.8 Å². The first-order valence-electron chi connectivity index (χ1n) is 6.88. The van der Waals surface area contributed by atoms with Gasteiger partial charge in [-0.3, -0.25) is 10.1 Å². The Bertz CT molecular complexity index is 422. The Morgan fingerprint density at radius 1 is 1.24 bits per heavy atom. The van der Waals surface area contributed by atoms with Gasteiger partial charge in [-0.05, 0) is 26.0 Å². The lowest BCUT2D eigenvalue weighted by molar-refractivity contribution is -0.386. The maximum Gasteiger partial charge on any atom is 0.312 e. The molecule has 0 radical (unpaired) electrons. The lowest BCUT2D eigenvalue weighted by atomic mass is 10.3. The molecule has 1 aromatic rings. The summed E-state index contributed by atoms with van der Waals surface area (Å²) in [7, 11) is 0. The third-order valence-corrected chi connectivity index (χ3v) is 2.69. The highest BCUT2D eigenvalue weighted by Crippen LogP contribution is 2.30. The minimum absolute atomic E-state index is 0.0962. The number of nitrogens with zero attached hydrogens (tertiary/aromatic N) is 1. The van der Waals surface area contributed by atoms with Crippen LogP contribution in [0.15, 0.2) is 22.7 Å². The van der Waals surface area contributed by atoms with E-state index in [9.17, 15) is 10.1 Å². The predicted octanol–water partition coefficient (Wildman–Crippen LogP) is 4.16. The molecule has 0 aliphatic rings. The fourth-order valence-electron chi connectivity index (χ4n) is 1.43. The molecule has 0 spiro atoms. The Morgan fingerprint density at radius 3 is 2.29 bits per heavy atom. The summed E-state index contributed by atoms with van der Waals surface area (Å²) in [4.78, 5) is 10.4. The van der Waals surface area contributed by atoms with Gasteiger partial charge in [0, 0.05) is 23.8 Å². The molecule has 0 atom stereocenters. The van der Waals surface area contributed by atoms with Gasteiger partial charge in [0.2, 0.25) is 0 Å². The molecule has 0 N–H and O–H groups in total. The molecule has 0 fully saturated rings. The molecule has 0 bridgehead atoms. The minimum atomic E-state index is -0.529. The van der Waals surface area contributed by atoms with Crippen LogP contribution >= 0.6 is 15.9 Å². The van der Waals surface area contributed by atoms with E-state index in [-0.39, 0.29) is 18.0 Å². The third-order valence-electron chi connectivity index (χ3n) is 2.20. The molecule has 0 aliphatic carbocycles. The van der Waals surface area contributed by atoms with Gasteiger partial charge in [0.05, 0.1) is 4.92 Å². The van der Waals surface area contributed by atoms with Crippen molar-refractivity contribution < 1.29 is 19.1 Å². The Hall–Kier alpha value is -1.18. The maximum absolute atomic E-state index is 10.9. The number of halogens is 1. The fraction of sp³-hybridized carbons (Fsp3) is 0.571. The monoisotopic (exact) mass is 363 g/mol.